The molecule has 6 N–H and O–H groups in total. The molecule has 0 aromatic heterocycles. The molecule has 3 atom stereocenters. The van der Waals surface area contributed by atoms with Gasteiger partial charge in [-0.25, -0.2) is 5.84 Å². The summed E-state index contributed by atoms with van der Waals surface area (Å²) >= 11 is 0. The molecule has 2 aromatic rings. The van der Waals surface area contributed by atoms with E-state index in [0.717, 1.165) is 66.7 Å². The van der Waals surface area contributed by atoms with E-state index in [2.05, 4.69) is 36.3 Å². The molecule has 2 heterocycles. The van der Waals surface area contributed by atoms with E-state index in [1.165, 1.54) is 0 Å². The Hall–Kier alpha value is -3.40. The van der Waals surface area contributed by atoms with Crippen molar-refractivity contribution in [3.05, 3.63) is 65.2 Å². The second-order valence-electron chi connectivity index (χ2n) is 9.95. The molecule has 0 saturated carbocycles. The van der Waals surface area contributed by atoms with Gasteiger partial charge in [-0.3, -0.25) is 4.79 Å². The molecule has 2 aromatic carbocycles. The molecule has 1 amide bonds. The molecule has 2 aliphatic rings. The molecule has 1 fully saturated rings. The number of amides is 1. The van der Waals surface area contributed by atoms with Gasteiger partial charge in [0.1, 0.15) is 12.4 Å². The van der Waals surface area contributed by atoms with E-state index in [1.54, 1.807) is 5.01 Å². The first kappa shape index (κ1) is 41.6. The molecule has 0 bridgehead atoms. The minimum atomic E-state index is -0.661. The van der Waals surface area contributed by atoms with Gasteiger partial charge in [0.15, 0.2) is 0 Å². The van der Waals surface area contributed by atoms with Crippen molar-refractivity contribution in [1.29, 1.82) is 0 Å². The Labute approximate surface area is 273 Å². The van der Waals surface area contributed by atoms with Crippen molar-refractivity contribution in [2.75, 3.05) is 25.1 Å². The van der Waals surface area contributed by atoms with E-state index in [1.807, 2.05) is 84.9 Å². The minimum Gasteiger partial charge on any atom is -0.396 e. The summed E-state index contributed by atoms with van der Waals surface area (Å²) in [6.45, 7) is 17.9. The summed E-state index contributed by atoms with van der Waals surface area (Å²) in [4.78, 5) is 22.9. The Kier molecular flexibility index (Phi) is 22.1. The Morgan fingerprint density at radius 2 is 1.64 bits per heavy atom. The van der Waals surface area contributed by atoms with Crippen LogP contribution in [0.5, 0.6) is 0 Å². The third-order valence-corrected chi connectivity index (χ3v) is 7.16. The number of carbonyl (C=O) groups excluding carboxylic acids is 2. The van der Waals surface area contributed by atoms with Crippen LogP contribution in [0, 0.1) is 0 Å². The lowest BCUT2D eigenvalue weighted by Gasteiger charge is -2.35. The van der Waals surface area contributed by atoms with Crippen molar-refractivity contribution < 1.29 is 19.4 Å². The molecule has 0 aliphatic carbocycles. The fraction of sp³-hybridized carbons (Fsp3) is 0.556. The van der Waals surface area contributed by atoms with Crippen molar-refractivity contribution in [3.8, 4) is 0 Å². The molecule has 0 radical (unpaired) electrons. The Bertz CT molecular complexity index is 1140. The molecule has 4 rings (SSSR count). The number of anilines is 1. The number of fused-ring (bicyclic) bond motifs is 2. The fourth-order valence-corrected chi connectivity index (χ4v) is 4.94. The quantitative estimate of drug-likeness (QED) is 0.114. The standard InChI is InChI=1S/C22H28N4O2.C8H15NO2.3C2H6/c1-3-19-22(27)18(13-28-19)26(24)21-15-9-5-4-8-14(15)12-25(2)17-11-7-6-10-16(17)20(21)23;1-2-3-6-9-8(11)5-4-7-10;3*1-2/h4-11,18-19,22,27H,3,12-13,23-24H2,1-2H3;7H,2-6H2,1H3,(H,9,11);3*1-2H3/b21-20-;;;;. The number of unbranched alkanes of at least 4 members (excludes halogenated alkanes) is 1. The summed E-state index contributed by atoms with van der Waals surface area (Å²) < 4.78 is 5.76. The zero-order chi connectivity index (χ0) is 34.4. The Morgan fingerprint density at radius 3 is 2.22 bits per heavy atom. The number of nitrogens with two attached hydrogens (primary N) is 2. The highest BCUT2D eigenvalue weighted by atomic mass is 16.5. The van der Waals surface area contributed by atoms with Crippen molar-refractivity contribution in [3.63, 3.8) is 0 Å². The summed E-state index contributed by atoms with van der Waals surface area (Å²) in [7, 11) is 2.06. The largest absolute Gasteiger partial charge is 0.396 e. The lowest BCUT2D eigenvalue weighted by Crippen LogP contribution is -2.48. The van der Waals surface area contributed by atoms with Crippen molar-refractivity contribution >= 4 is 29.3 Å². The van der Waals surface area contributed by atoms with Gasteiger partial charge in [-0.05, 0) is 24.5 Å². The maximum Gasteiger partial charge on any atom is 0.220 e. The van der Waals surface area contributed by atoms with Crippen molar-refractivity contribution in [2.45, 2.75) is 112 Å². The van der Waals surface area contributed by atoms with E-state index in [-0.39, 0.29) is 18.1 Å². The Balaban J connectivity index is 0.000000962. The van der Waals surface area contributed by atoms with Crippen LogP contribution in [0.1, 0.15) is 104 Å². The molecule has 9 heteroatoms. The number of ether oxygens (including phenoxy) is 1. The molecular weight excluding hydrogens is 566 g/mol. The lowest BCUT2D eigenvalue weighted by atomic mass is 9.95. The fourth-order valence-electron chi connectivity index (χ4n) is 4.94. The number of aldehydes is 1. The zero-order valence-electron chi connectivity index (χ0n) is 29.3. The second-order valence-corrected chi connectivity index (χ2v) is 9.95. The van der Waals surface area contributed by atoms with Crippen molar-refractivity contribution in [2.24, 2.45) is 11.6 Å². The number of hydrogen-bond donors (Lipinski definition) is 4. The number of carbonyl (C=O) groups is 2. The molecule has 45 heavy (non-hydrogen) atoms. The summed E-state index contributed by atoms with van der Waals surface area (Å²) in [5, 5.41) is 15.1. The number of aliphatic hydroxyl groups excluding tert-OH is 1. The highest BCUT2D eigenvalue weighted by Crippen LogP contribution is 2.37. The average molecular weight is 628 g/mol. The maximum absolute atomic E-state index is 10.8. The average Bonchev–Trinajstić information content (AvgIpc) is 3.47. The summed E-state index contributed by atoms with van der Waals surface area (Å²) in [6, 6.07) is 15.9. The third-order valence-electron chi connectivity index (χ3n) is 7.16. The molecule has 254 valence electrons. The predicted molar refractivity (Wildman–Crippen MR) is 189 cm³/mol. The van der Waals surface area contributed by atoms with Gasteiger partial charge in [0, 0.05) is 49.8 Å². The number of para-hydroxylation sites is 1. The molecule has 2 aliphatic heterocycles. The van der Waals surface area contributed by atoms with Gasteiger partial charge >= 0.3 is 0 Å². The van der Waals surface area contributed by atoms with Gasteiger partial charge in [-0.15, -0.1) is 0 Å². The second kappa shape index (κ2) is 23.9. The van der Waals surface area contributed by atoms with E-state index < -0.39 is 6.10 Å². The predicted octanol–water partition coefficient (Wildman–Crippen LogP) is 6.10. The number of benzene rings is 2. The first-order valence-electron chi connectivity index (χ1n) is 16.8. The number of nitrogens with zero attached hydrogens (tertiary/aromatic N) is 2. The first-order chi connectivity index (χ1) is 21.8. The van der Waals surface area contributed by atoms with Crippen LogP contribution in [0.3, 0.4) is 0 Å². The summed E-state index contributed by atoms with van der Waals surface area (Å²) in [5.74, 6) is 6.60. The third kappa shape index (κ3) is 12.1. The zero-order valence-corrected chi connectivity index (χ0v) is 29.3. The van der Waals surface area contributed by atoms with Crippen LogP contribution in [0.25, 0.3) is 11.4 Å². The van der Waals surface area contributed by atoms with Crippen LogP contribution in [-0.4, -0.2) is 60.8 Å². The topological polar surface area (TPSA) is 134 Å². The van der Waals surface area contributed by atoms with Crippen LogP contribution in [0.15, 0.2) is 48.5 Å². The number of hydrazine groups is 1. The molecular formula is C36H61N5O4. The molecule has 0 spiro atoms. The van der Waals surface area contributed by atoms with E-state index in [9.17, 15) is 14.7 Å². The summed E-state index contributed by atoms with van der Waals surface area (Å²) in [6.07, 6.45) is 3.38. The minimum absolute atomic E-state index is 0.0226. The first-order valence-corrected chi connectivity index (χ1v) is 16.8. The normalized spacial score (nSPS) is 19.4. The molecule has 3 unspecified atom stereocenters. The highest BCUT2D eigenvalue weighted by molar-refractivity contribution is 5.93. The van der Waals surface area contributed by atoms with E-state index in [4.69, 9.17) is 16.3 Å². The van der Waals surface area contributed by atoms with Crippen LogP contribution >= 0.6 is 0 Å². The number of rotatable bonds is 9. The van der Waals surface area contributed by atoms with E-state index in [0.29, 0.717) is 25.1 Å². The van der Waals surface area contributed by atoms with Gasteiger partial charge in [-0.1, -0.05) is 104 Å². The van der Waals surface area contributed by atoms with Gasteiger partial charge in [0.25, 0.3) is 0 Å². The van der Waals surface area contributed by atoms with Crippen LogP contribution < -0.4 is 21.8 Å². The SMILES string of the molecule is CC.CC.CC.CCC1OCC(N(N)/C2=C(\N)c3ccccc3N(C)Cc3ccccc32)C1O.CCCCNC(=O)CCC=O. The van der Waals surface area contributed by atoms with Crippen LogP contribution in [0.2, 0.25) is 0 Å². The number of nitrogens with one attached hydrogen (secondary N) is 1. The smallest absolute Gasteiger partial charge is 0.220 e. The van der Waals surface area contributed by atoms with Crippen LogP contribution in [-0.2, 0) is 20.9 Å². The highest BCUT2D eigenvalue weighted by Gasteiger charge is 2.40. The van der Waals surface area contributed by atoms with Gasteiger partial charge < -0.3 is 35.6 Å². The molecule has 1 saturated heterocycles. The molecule has 9 nitrogen and oxygen atoms in total. The van der Waals surface area contributed by atoms with E-state index >= 15 is 0 Å². The number of hydrogen-bond acceptors (Lipinski definition) is 8. The van der Waals surface area contributed by atoms with Gasteiger partial charge in [0.05, 0.1) is 30.1 Å². The lowest BCUT2D eigenvalue weighted by molar-refractivity contribution is -0.122. The summed E-state index contributed by atoms with van der Waals surface area (Å²) in [5.41, 5.74) is 12.2. The number of aliphatic hydroxyl groups is 1. The van der Waals surface area contributed by atoms with Crippen LogP contribution in [0.4, 0.5) is 5.69 Å². The monoisotopic (exact) mass is 627 g/mol. The van der Waals surface area contributed by atoms with Crippen molar-refractivity contribution in [1.82, 2.24) is 10.3 Å². The van der Waals surface area contributed by atoms with Gasteiger partial charge in [-0.2, -0.15) is 0 Å². The maximum atomic E-state index is 10.8. The van der Waals surface area contributed by atoms with Gasteiger partial charge in [0.2, 0.25) is 5.91 Å². The Morgan fingerprint density at radius 1 is 1.04 bits per heavy atom.